The molecule has 0 bridgehead atoms. The molecule has 20 heavy (non-hydrogen) atoms. The summed E-state index contributed by atoms with van der Waals surface area (Å²) < 4.78 is 40.7. The summed E-state index contributed by atoms with van der Waals surface area (Å²) in [6.45, 7) is 8.53. The predicted octanol–water partition coefficient (Wildman–Crippen LogP) is 4.27. The first kappa shape index (κ1) is 15.2. The Bertz CT molecular complexity index is 494. The molecule has 1 unspecified atom stereocenters. The van der Waals surface area contributed by atoms with E-state index in [-0.39, 0.29) is 28.5 Å². The molecule has 1 saturated carbocycles. The number of benzene rings is 1. The van der Waals surface area contributed by atoms with Gasteiger partial charge in [-0.3, -0.25) is 0 Å². The van der Waals surface area contributed by atoms with E-state index in [2.05, 4.69) is 32.4 Å². The molecule has 1 aliphatic carbocycles. The molecule has 2 N–H and O–H groups in total. The molecule has 1 atom stereocenters. The lowest BCUT2D eigenvalue weighted by Gasteiger charge is -2.16. The minimum Gasteiger partial charge on any atom is -0.406 e. The van der Waals surface area contributed by atoms with Crippen molar-refractivity contribution in [2.75, 3.05) is 0 Å². The van der Waals surface area contributed by atoms with Crippen LogP contribution in [0.2, 0.25) is 0 Å². The second-order valence-electron chi connectivity index (χ2n) is 6.57. The van der Waals surface area contributed by atoms with Gasteiger partial charge >= 0.3 is 6.36 Å². The van der Waals surface area contributed by atoms with Gasteiger partial charge in [0, 0.05) is 6.04 Å². The second-order valence-corrected chi connectivity index (χ2v) is 6.57. The van der Waals surface area contributed by atoms with Crippen LogP contribution in [-0.2, 0) is 0 Å². The van der Waals surface area contributed by atoms with E-state index in [0.29, 0.717) is 5.56 Å². The van der Waals surface area contributed by atoms with E-state index in [1.54, 1.807) is 12.1 Å². The highest BCUT2D eigenvalue weighted by molar-refractivity contribution is 5.33. The summed E-state index contributed by atoms with van der Waals surface area (Å²) >= 11 is 0. The van der Waals surface area contributed by atoms with E-state index < -0.39 is 6.36 Å². The van der Waals surface area contributed by atoms with E-state index in [1.165, 1.54) is 12.1 Å². The van der Waals surface area contributed by atoms with Crippen LogP contribution in [0.4, 0.5) is 13.2 Å². The molecule has 0 heterocycles. The highest BCUT2D eigenvalue weighted by atomic mass is 19.4. The maximum atomic E-state index is 12.2. The van der Waals surface area contributed by atoms with Crippen molar-refractivity contribution in [2.24, 2.45) is 22.5 Å². The van der Waals surface area contributed by atoms with Crippen LogP contribution >= 0.6 is 0 Å². The van der Waals surface area contributed by atoms with Gasteiger partial charge in [-0.2, -0.15) is 0 Å². The maximum Gasteiger partial charge on any atom is 0.573 e. The SMILES string of the molecule is CC1(C)C(C(N)c2cccc(OC(F)(F)F)c2)C1(C)C. The van der Waals surface area contributed by atoms with E-state index in [1.807, 2.05) is 0 Å². The molecule has 0 spiro atoms. The molecule has 5 heteroatoms. The van der Waals surface area contributed by atoms with E-state index >= 15 is 0 Å². The fourth-order valence-electron chi connectivity index (χ4n) is 3.26. The molecule has 0 amide bonds. The molecule has 0 aliphatic heterocycles. The Labute approximate surface area is 117 Å². The lowest BCUT2D eigenvalue weighted by molar-refractivity contribution is -0.274. The Balaban J connectivity index is 2.20. The molecule has 1 aliphatic rings. The molecule has 1 aromatic carbocycles. The first-order valence-corrected chi connectivity index (χ1v) is 6.58. The van der Waals surface area contributed by atoms with Crippen LogP contribution in [0.1, 0.15) is 39.3 Å². The van der Waals surface area contributed by atoms with Crippen molar-refractivity contribution in [3.05, 3.63) is 29.8 Å². The molecular formula is C15H20F3NO. The number of ether oxygens (including phenoxy) is 1. The van der Waals surface area contributed by atoms with Crippen LogP contribution in [0, 0.1) is 16.7 Å². The van der Waals surface area contributed by atoms with Crippen molar-refractivity contribution in [1.29, 1.82) is 0 Å². The number of halogens is 3. The first-order chi connectivity index (χ1) is 8.97. The smallest absolute Gasteiger partial charge is 0.406 e. The van der Waals surface area contributed by atoms with Gasteiger partial charge in [-0.1, -0.05) is 39.8 Å². The average Bonchev–Trinajstić information content (AvgIpc) is 2.66. The van der Waals surface area contributed by atoms with Crippen molar-refractivity contribution in [3.8, 4) is 5.75 Å². The molecule has 0 radical (unpaired) electrons. The summed E-state index contributed by atoms with van der Waals surface area (Å²) in [6.07, 6.45) is -4.68. The highest BCUT2D eigenvalue weighted by Crippen LogP contribution is 2.71. The monoisotopic (exact) mass is 287 g/mol. The van der Waals surface area contributed by atoms with Crippen LogP contribution < -0.4 is 10.5 Å². The summed E-state index contributed by atoms with van der Waals surface area (Å²) in [4.78, 5) is 0. The normalized spacial score (nSPS) is 22.4. The molecule has 0 aromatic heterocycles. The van der Waals surface area contributed by atoms with E-state index in [4.69, 9.17) is 5.73 Å². The highest BCUT2D eigenvalue weighted by Gasteiger charge is 2.66. The van der Waals surface area contributed by atoms with Crippen molar-refractivity contribution < 1.29 is 17.9 Å². The van der Waals surface area contributed by atoms with Crippen LogP contribution in [0.25, 0.3) is 0 Å². The summed E-state index contributed by atoms with van der Waals surface area (Å²) in [5.41, 5.74) is 7.08. The Hall–Kier alpha value is -1.23. The number of alkyl halides is 3. The molecule has 2 nitrogen and oxygen atoms in total. The van der Waals surface area contributed by atoms with Gasteiger partial charge in [0.25, 0.3) is 0 Å². The summed E-state index contributed by atoms with van der Waals surface area (Å²) in [5.74, 6) is 0.0119. The van der Waals surface area contributed by atoms with Gasteiger partial charge in [0.2, 0.25) is 0 Å². The molecule has 0 saturated heterocycles. The van der Waals surface area contributed by atoms with Crippen LogP contribution in [0.5, 0.6) is 5.75 Å². The summed E-state index contributed by atoms with van der Waals surface area (Å²) in [7, 11) is 0. The number of rotatable bonds is 3. The maximum absolute atomic E-state index is 12.2. The quantitative estimate of drug-likeness (QED) is 0.901. The third kappa shape index (κ3) is 2.51. The number of hydrogen-bond acceptors (Lipinski definition) is 2. The molecule has 1 aromatic rings. The largest absolute Gasteiger partial charge is 0.573 e. The van der Waals surface area contributed by atoms with Crippen LogP contribution in [0.15, 0.2) is 24.3 Å². The number of hydrogen-bond donors (Lipinski definition) is 1. The average molecular weight is 287 g/mol. The van der Waals surface area contributed by atoms with Gasteiger partial charge in [-0.15, -0.1) is 13.2 Å². The summed E-state index contributed by atoms with van der Waals surface area (Å²) in [6, 6.07) is 5.66. The van der Waals surface area contributed by atoms with Gasteiger partial charge in [0.15, 0.2) is 0 Å². The zero-order valence-corrected chi connectivity index (χ0v) is 12.1. The standard InChI is InChI=1S/C15H20F3NO/c1-13(2)12(14(13,3)4)11(19)9-6-5-7-10(8-9)20-15(16,17)18/h5-8,11-12H,19H2,1-4H3. The van der Waals surface area contributed by atoms with Crippen molar-refractivity contribution in [3.63, 3.8) is 0 Å². The first-order valence-electron chi connectivity index (χ1n) is 6.58. The predicted molar refractivity (Wildman–Crippen MR) is 71.1 cm³/mol. The van der Waals surface area contributed by atoms with Gasteiger partial charge in [-0.25, -0.2) is 0 Å². The van der Waals surface area contributed by atoms with Crippen molar-refractivity contribution in [1.82, 2.24) is 0 Å². The minimum absolute atomic E-state index is 0.0767. The van der Waals surface area contributed by atoms with Gasteiger partial charge in [0.1, 0.15) is 5.75 Å². The summed E-state index contributed by atoms with van der Waals surface area (Å²) in [5, 5.41) is 0. The number of nitrogens with two attached hydrogens (primary N) is 1. The van der Waals surface area contributed by atoms with Gasteiger partial charge in [-0.05, 0) is 34.4 Å². The molecular weight excluding hydrogens is 267 g/mol. The zero-order valence-electron chi connectivity index (χ0n) is 12.1. The molecule has 1 fully saturated rings. The van der Waals surface area contributed by atoms with Gasteiger partial charge in [0.05, 0.1) is 0 Å². The topological polar surface area (TPSA) is 35.2 Å². The Kier molecular flexibility index (Phi) is 3.32. The lowest BCUT2D eigenvalue weighted by atomic mass is 9.97. The second kappa shape index (κ2) is 4.38. The van der Waals surface area contributed by atoms with Crippen LogP contribution in [-0.4, -0.2) is 6.36 Å². The third-order valence-corrected chi connectivity index (χ3v) is 4.97. The van der Waals surface area contributed by atoms with Crippen molar-refractivity contribution in [2.45, 2.75) is 40.1 Å². The Morgan fingerprint density at radius 3 is 2.15 bits per heavy atom. The fourth-order valence-corrected chi connectivity index (χ4v) is 3.26. The zero-order chi connectivity index (χ0) is 15.3. The Morgan fingerprint density at radius 2 is 1.70 bits per heavy atom. The van der Waals surface area contributed by atoms with E-state index in [0.717, 1.165) is 0 Å². The lowest BCUT2D eigenvalue weighted by Crippen LogP contribution is -2.19. The third-order valence-electron chi connectivity index (χ3n) is 4.97. The van der Waals surface area contributed by atoms with Crippen molar-refractivity contribution >= 4 is 0 Å². The minimum atomic E-state index is -4.68. The van der Waals surface area contributed by atoms with Crippen LogP contribution in [0.3, 0.4) is 0 Å². The van der Waals surface area contributed by atoms with Gasteiger partial charge < -0.3 is 10.5 Å². The fraction of sp³-hybridized carbons (Fsp3) is 0.600. The van der Waals surface area contributed by atoms with E-state index in [9.17, 15) is 13.2 Å². The molecule has 112 valence electrons. The molecule has 2 rings (SSSR count). The Morgan fingerprint density at radius 1 is 1.15 bits per heavy atom.